The van der Waals surface area contributed by atoms with E-state index in [0.29, 0.717) is 23.9 Å². The van der Waals surface area contributed by atoms with Crippen molar-refractivity contribution in [3.8, 4) is 0 Å². The van der Waals surface area contributed by atoms with Gasteiger partial charge in [-0.05, 0) is 18.9 Å². The fourth-order valence-corrected chi connectivity index (χ4v) is 2.64. The molecule has 0 bridgehead atoms. The summed E-state index contributed by atoms with van der Waals surface area (Å²) in [6, 6.07) is 6.94. The number of nitrogens with two attached hydrogens (primary N) is 1. The zero-order valence-corrected chi connectivity index (χ0v) is 10.9. The molecule has 98 valence electrons. The van der Waals surface area contributed by atoms with Gasteiger partial charge in [-0.15, -0.1) is 11.8 Å². The van der Waals surface area contributed by atoms with Crippen LogP contribution >= 0.6 is 11.8 Å². The third-order valence-electron chi connectivity index (χ3n) is 2.82. The smallest absolute Gasteiger partial charge is 0.230 e. The Morgan fingerprint density at radius 1 is 1.50 bits per heavy atom. The van der Waals surface area contributed by atoms with Gasteiger partial charge < -0.3 is 11.1 Å². The Bertz CT molecular complexity index is 423. The normalized spacial score (nSPS) is 16.3. The van der Waals surface area contributed by atoms with Gasteiger partial charge in [0.1, 0.15) is 5.82 Å². The molecule has 1 amide bonds. The summed E-state index contributed by atoms with van der Waals surface area (Å²) in [5.41, 5.74) is 6.23. The summed E-state index contributed by atoms with van der Waals surface area (Å²) in [6.07, 6.45) is 2.15. The Morgan fingerprint density at radius 2 is 2.22 bits per heavy atom. The Morgan fingerprint density at radius 3 is 2.83 bits per heavy atom. The van der Waals surface area contributed by atoms with Gasteiger partial charge in [0.15, 0.2) is 0 Å². The van der Waals surface area contributed by atoms with E-state index in [1.165, 1.54) is 17.8 Å². The molecule has 18 heavy (non-hydrogen) atoms. The van der Waals surface area contributed by atoms with E-state index >= 15 is 0 Å². The molecule has 0 spiro atoms. The number of thioether (sulfide) groups is 1. The van der Waals surface area contributed by atoms with E-state index in [4.69, 9.17) is 5.73 Å². The molecule has 5 heteroatoms. The lowest BCUT2D eigenvalue weighted by atomic mass is 10.1. The van der Waals surface area contributed by atoms with Crippen LogP contribution in [0.3, 0.4) is 0 Å². The summed E-state index contributed by atoms with van der Waals surface area (Å²) in [4.78, 5) is 11.6. The van der Waals surface area contributed by atoms with Crippen molar-refractivity contribution in [1.29, 1.82) is 0 Å². The lowest BCUT2D eigenvalue weighted by molar-refractivity contribution is -0.118. The number of nitrogens with one attached hydrogen (secondary N) is 1. The molecule has 1 aromatic carbocycles. The summed E-state index contributed by atoms with van der Waals surface area (Å²) in [5, 5.41) is 2.73. The van der Waals surface area contributed by atoms with Crippen molar-refractivity contribution in [2.75, 3.05) is 12.3 Å². The first-order valence-electron chi connectivity index (χ1n) is 6.06. The number of hydrogen-bond donors (Lipinski definition) is 2. The van der Waals surface area contributed by atoms with Gasteiger partial charge in [0.2, 0.25) is 5.91 Å². The molecule has 1 fully saturated rings. The second-order valence-electron chi connectivity index (χ2n) is 4.40. The first-order valence-corrected chi connectivity index (χ1v) is 7.11. The molecule has 1 aliphatic carbocycles. The second kappa shape index (κ2) is 6.20. The molecule has 1 saturated carbocycles. The molecule has 3 nitrogen and oxygen atoms in total. The highest BCUT2D eigenvalue weighted by atomic mass is 32.2. The summed E-state index contributed by atoms with van der Waals surface area (Å²) in [6.45, 7) is 0.322. The summed E-state index contributed by atoms with van der Waals surface area (Å²) in [5.74, 6) is 0.0764. The summed E-state index contributed by atoms with van der Waals surface area (Å²) < 4.78 is 13.6. The first kappa shape index (κ1) is 13.4. The Labute approximate surface area is 110 Å². The number of carbonyl (C=O) groups excluding carboxylic acids is 1. The van der Waals surface area contributed by atoms with Crippen LogP contribution in [0.25, 0.3) is 0 Å². The maximum atomic E-state index is 13.6. The predicted molar refractivity (Wildman–Crippen MR) is 71.8 cm³/mol. The Balaban J connectivity index is 1.88. The minimum absolute atomic E-state index is 0.0114. The molecule has 1 atom stereocenters. The summed E-state index contributed by atoms with van der Waals surface area (Å²) in [7, 11) is 0. The third kappa shape index (κ3) is 3.71. The molecule has 1 aromatic rings. The zero-order valence-electron chi connectivity index (χ0n) is 10.1. The fourth-order valence-electron chi connectivity index (χ4n) is 1.69. The van der Waals surface area contributed by atoms with Crippen LogP contribution in [0.4, 0.5) is 4.39 Å². The minimum atomic E-state index is -0.261. The molecular formula is C13H17FN2OS. The number of halogens is 1. The van der Waals surface area contributed by atoms with Crippen LogP contribution < -0.4 is 11.1 Å². The van der Waals surface area contributed by atoms with Crippen molar-refractivity contribution in [3.05, 3.63) is 35.6 Å². The van der Waals surface area contributed by atoms with Crippen LogP contribution in [-0.2, 0) is 4.79 Å². The number of carbonyl (C=O) groups is 1. The minimum Gasteiger partial charge on any atom is -0.353 e. The average molecular weight is 268 g/mol. The van der Waals surface area contributed by atoms with Crippen LogP contribution in [0.15, 0.2) is 24.3 Å². The number of hydrogen-bond acceptors (Lipinski definition) is 3. The van der Waals surface area contributed by atoms with E-state index in [1.54, 1.807) is 18.2 Å². The van der Waals surface area contributed by atoms with Gasteiger partial charge in [0, 0.05) is 23.4 Å². The Hall–Kier alpha value is -1.07. The van der Waals surface area contributed by atoms with Crippen LogP contribution in [0.1, 0.15) is 23.7 Å². The van der Waals surface area contributed by atoms with E-state index in [1.807, 2.05) is 0 Å². The zero-order chi connectivity index (χ0) is 13.0. The van der Waals surface area contributed by atoms with Crippen molar-refractivity contribution in [2.45, 2.75) is 24.1 Å². The molecule has 0 heterocycles. The van der Waals surface area contributed by atoms with E-state index in [9.17, 15) is 9.18 Å². The van der Waals surface area contributed by atoms with Crippen LogP contribution in [-0.4, -0.2) is 24.2 Å². The predicted octanol–water partition coefficient (Wildman–Crippen LogP) is 1.84. The lowest BCUT2D eigenvalue weighted by Gasteiger charge is -2.15. The van der Waals surface area contributed by atoms with Crippen LogP contribution in [0.5, 0.6) is 0 Å². The van der Waals surface area contributed by atoms with Crippen LogP contribution in [0, 0.1) is 5.82 Å². The van der Waals surface area contributed by atoms with E-state index < -0.39 is 0 Å². The van der Waals surface area contributed by atoms with Gasteiger partial charge in [0.25, 0.3) is 0 Å². The maximum absolute atomic E-state index is 13.6. The van der Waals surface area contributed by atoms with E-state index in [0.717, 1.165) is 12.8 Å². The second-order valence-corrected chi connectivity index (χ2v) is 5.59. The van der Waals surface area contributed by atoms with Crippen molar-refractivity contribution >= 4 is 17.7 Å². The van der Waals surface area contributed by atoms with Gasteiger partial charge in [0.05, 0.1) is 5.75 Å². The average Bonchev–Trinajstić information content (AvgIpc) is 3.16. The largest absolute Gasteiger partial charge is 0.353 e. The number of rotatable bonds is 6. The molecule has 1 aliphatic rings. The van der Waals surface area contributed by atoms with Gasteiger partial charge in [-0.1, -0.05) is 18.2 Å². The van der Waals surface area contributed by atoms with E-state index in [-0.39, 0.29) is 17.0 Å². The van der Waals surface area contributed by atoms with Crippen molar-refractivity contribution in [2.24, 2.45) is 5.73 Å². The molecule has 2 rings (SSSR count). The standard InChI is InChI=1S/C13H17FN2OS/c14-11-4-2-1-3-10(11)12(7-15)18-8-13(17)16-9-5-6-9/h1-4,9,12H,5-8,15H2,(H,16,17). The van der Waals surface area contributed by atoms with Gasteiger partial charge in [-0.2, -0.15) is 0 Å². The fraction of sp³-hybridized carbons (Fsp3) is 0.462. The topological polar surface area (TPSA) is 55.1 Å². The number of benzene rings is 1. The highest BCUT2D eigenvalue weighted by Crippen LogP contribution is 2.29. The molecule has 1 unspecified atom stereocenters. The SMILES string of the molecule is NCC(SCC(=O)NC1CC1)c1ccccc1F. The molecular weight excluding hydrogens is 251 g/mol. The van der Waals surface area contributed by atoms with Gasteiger partial charge in [-0.25, -0.2) is 4.39 Å². The van der Waals surface area contributed by atoms with Crippen molar-refractivity contribution in [3.63, 3.8) is 0 Å². The van der Waals surface area contributed by atoms with E-state index in [2.05, 4.69) is 5.32 Å². The van der Waals surface area contributed by atoms with Gasteiger partial charge in [-0.3, -0.25) is 4.79 Å². The first-order chi connectivity index (χ1) is 8.70. The monoisotopic (exact) mass is 268 g/mol. The highest BCUT2D eigenvalue weighted by molar-refractivity contribution is 8.00. The molecule has 0 radical (unpaired) electrons. The highest BCUT2D eigenvalue weighted by Gasteiger charge is 2.24. The quantitative estimate of drug-likeness (QED) is 0.827. The van der Waals surface area contributed by atoms with Crippen molar-refractivity contribution in [1.82, 2.24) is 5.32 Å². The van der Waals surface area contributed by atoms with Crippen LogP contribution in [0.2, 0.25) is 0 Å². The molecule has 0 aliphatic heterocycles. The lowest BCUT2D eigenvalue weighted by Crippen LogP contribution is -2.27. The molecule has 3 N–H and O–H groups in total. The third-order valence-corrected chi connectivity index (χ3v) is 4.10. The molecule has 0 aromatic heterocycles. The molecule has 0 saturated heterocycles. The maximum Gasteiger partial charge on any atom is 0.230 e. The Kier molecular flexibility index (Phi) is 4.60. The summed E-state index contributed by atoms with van der Waals surface area (Å²) >= 11 is 1.39. The van der Waals surface area contributed by atoms with Gasteiger partial charge >= 0.3 is 0 Å². The number of amides is 1. The van der Waals surface area contributed by atoms with Crippen molar-refractivity contribution < 1.29 is 9.18 Å².